The SMILES string of the molecule is CNC(Cc1ccn(C)n1)c1c(C)cccc1C. The molecule has 3 heteroatoms. The first-order chi connectivity index (χ1) is 8.61. The van der Waals surface area contributed by atoms with Crippen LogP contribution in [0.25, 0.3) is 0 Å². The Morgan fingerprint density at radius 2 is 1.89 bits per heavy atom. The lowest BCUT2D eigenvalue weighted by atomic mass is 9.93. The third-order valence-electron chi connectivity index (χ3n) is 3.42. The zero-order chi connectivity index (χ0) is 13.1. The first-order valence-electron chi connectivity index (χ1n) is 6.33. The van der Waals surface area contributed by atoms with E-state index in [2.05, 4.69) is 48.5 Å². The lowest BCUT2D eigenvalue weighted by Gasteiger charge is -2.20. The van der Waals surface area contributed by atoms with Gasteiger partial charge in [0.05, 0.1) is 5.69 Å². The van der Waals surface area contributed by atoms with Gasteiger partial charge in [0.2, 0.25) is 0 Å². The van der Waals surface area contributed by atoms with Crippen molar-refractivity contribution in [1.82, 2.24) is 15.1 Å². The van der Waals surface area contributed by atoms with Gasteiger partial charge in [-0.25, -0.2) is 0 Å². The maximum Gasteiger partial charge on any atom is 0.0643 e. The molecule has 1 heterocycles. The molecule has 18 heavy (non-hydrogen) atoms. The fraction of sp³-hybridized carbons (Fsp3) is 0.400. The van der Waals surface area contributed by atoms with Gasteiger partial charge in [-0.1, -0.05) is 18.2 Å². The summed E-state index contributed by atoms with van der Waals surface area (Å²) in [5.74, 6) is 0. The lowest BCUT2D eigenvalue weighted by molar-refractivity contribution is 0.572. The number of rotatable bonds is 4. The number of benzene rings is 1. The Kier molecular flexibility index (Phi) is 3.82. The molecule has 0 saturated heterocycles. The predicted octanol–water partition coefficient (Wildman–Crippen LogP) is 2.54. The Balaban J connectivity index is 2.28. The number of nitrogens with one attached hydrogen (secondary N) is 1. The third kappa shape index (κ3) is 2.62. The van der Waals surface area contributed by atoms with E-state index in [0.29, 0.717) is 6.04 Å². The summed E-state index contributed by atoms with van der Waals surface area (Å²) in [6.07, 6.45) is 2.91. The quantitative estimate of drug-likeness (QED) is 0.894. The lowest BCUT2D eigenvalue weighted by Crippen LogP contribution is -2.21. The van der Waals surface area contributed by atoms with Gasteiger partial charge in [0, 0.05) is 25.7 Å². The number of likely N-dealkylation sites (N-methyl/N-ethyl adjacent to an activating group) is 1. The molecule has 0 radical (unpaired) electrons. The molecule has 2 rings (SSSR count). The predicted molar refractivity (Wildman–Crippen MR) is 74.6 cm³/mol. The van der Waals surface area contributed by atoms with E-state index >= 15 is 0 Å². The first kappa shape index (κ1) is 12.8. The fourth-order valence-electron chi connectivity index (χ4n) is 2.51. The second kappa shape index (κ2) is 5.36. The van der Waals surface area contributed by atoms with Gasteiger partial charge >= 0.3 is 0 Å². The summed E-state index contributed by atoms with van der Waals surface area (Å²) in [5, 5.41) is 7.87. The number of hydrogen-bond acceptors (Lipinski definition) is 2. The number of hydrogen-bond donors (Lipinski definition) is 1. The third-order valence-corrected chi connectivity index (χ3v) is 3.42. The Labute approximate surface area is 109 Å². The summed E-state index contributed by atoms with van der Waals surface area (Å²) in [4.78, 5) is 0. The molecule has 96 valence electrons. The van der Waals surface area contributed by atoms with E-state index in [9.17, 15) is 0 Å². The Morgan fingerprint density at radius 3 is 2.39 bits per heavy atom. The van der Waals surface area contributed by atoms with Gasteiger partial charge in [-0.15, -0.1) is 0 Å². The van der Waals surface area contributed by atoms with E-state index in [1.807, 2.05) is 25.0 Å². The normalized spacial score (nSPS) is 12.7. The standard InChI is InChI=1S/C15H21N3/c1-11-6-5-7-12(2)15(11)14(16-3)10-13-8-9-18(4)17-13/h5-9,14,16H,10H2,1-4H3. The van der Waals surface area contributed by atoms with Crippen LogP contribution in [0.2, 0.25) is 0 Å². The van der Waals surface area contributed by atoms with Crippen LogP contribution in [0, 0.1) is 13.8 Å². The van der Waals surface area contributed by atoms with Gasteiger partial charge in [0.15, 0.2) is 0 Å². The van der Waals surface area contributed by atoms with Gasteiger partial charge in [0.1, 0.15) is 0 Å². The highest BCUT2D eigenvalue weighted by molar-refractivity contribution is 5.36. The molecule has 0 aliphatic heterocycles. The summed E-state index contributed by atoms with van der Waals surface area (Å²) in [7, 11) is 3.97. The highest BCUT2D eigenvalue weighted by Crippen LogP contribution is 2.24. The van der Waals surface area contributed by atoms with Crippen LogP contribution in [0.15, 0.2) is 30.5 Å². The maximum absolute atomic E-state index is 4.46. The Bertz CT molecular complexity index is 508. The van der Waals surface area contributed by atoms with Crippen LogP contribution in [0.4, 0.5) is 0 Å². The second-order valence-corrected chi connectivity index (χ2v) is 4.83. The van der Waals surface area contributed by atoms with Crippen LogP contribution >= 0.6 is 0 Å². The summed E-state index contributed by atoms with van der Waals surface area (Å²) in [6, 6.07) is 8.86. The van der Waals surface area contributed by atoms with Crippen LogP contribution < -0.4 is 5.32 Å². The molecule has 0 saturated carbocycles. The van der Waals surface area contributed by atoms with E-state index < -0.39 is 0 Å². The average Bonchev–Trinajstić information content (AvgIpc) is 2.73. The zero-order valence-electron chi connectivity index (χ0n) is 11.6. The van der Waals surface area contributed by atoms with Gasteiger partial charge in [-0.2, -0.15) is 5.10 Å². The van der Waals surface area contributed by atoms with Crippen molar-refractivity contribution in [3.05, 3.63) is 52.8 Å². The van der Waals surface area contributed by atoms with Crippen LogP contribution in [0.3, 0.4) is 0 Å². The molecule has 1 atom stereocenters. The molecule has 0 spiro atoms. The van der Waals surface area contributed by atoms with E-state index in [1.165, 1.54) is 16.7 Å². The van der Waals surface area contributed by atoms with E-state index in [1.54, 1.807) is 0 Å². The van der Waals surface area contributed by atoms with Crippen molar-refractivity contribution in [2.75, 3.05) is 7.05 Å². The minimum absolute atomic E-state index is 0.320. The Hall–Kier alpha value is -1.61. The van der Waals surface area contributed by atoms with Crippen molar-refractivity contribution < 1.29 is 0 Å². The van der Waals surface area contributed by atoms with Crippen molar-refractivity contribution in [1.29, 1.82) is 0 Å². The number of aromatic nitrogens is 2. The molecule has 0 amide bonds. The molecule has 1 unspecified atom stereocenters. The summed E-state index contributed by atoms with van der Waals surface area (Å²) < 4.78 is 1.85. The maximum atomic E-state index is 4.46. The molecule has 3 nitrogen and oxygen atoms in total. The fourth-order valence-corrected chi connectivity index (χ4v) is 2.51. The number of nitrogens with zero attached hydrogens (tertiary/aromatic N) is 2. The highest BCUT2D eigenvalue weighted by Gasteiger charge is 2.15. The van der Waals surface area contributed by atoms with Crippen molar-refractivity contribution in [2.24, 2.45) is 7.05 Å². The summed E-state index contributed by atoms with van der Waals surface area (Å²) in [5.41, 5.74) is 5.20. The van der Waals surface area contributed by atoms with E-state index in [-0.39, 0.29) is 0 Å². The first-order valence-corrected chi connectivity index (χ1v) is 6.33. The molecule has 0 fully saturated rings. The van der Waals surface area contributed by atoms with Gasteiger partial charge in [0.25, 0.3) is 0 Å². The molecule has 0 aliphatic rings. The largest absolute Gasteiger partial charge is 0.313 e. The van der Waals surface area contributed by atoms with Crippen molar-refractivity contribution in [3.8, 4) is 0 Å². The van der Waals surface area contributed by atoms with Crippen LogP contribution in [0.5, 0.6) is 0 Å². The van der Waals surface area contributed by atoms with Crippen molar-refractivity contribution in [3.63, 3.8) is 0 Å². The molecule has 1 aromatic carbocycles. The van der Waals surface area contributed by atoms with Gasteiger partial charge < -0.3 is 5.32 Å². The van der Waals surface area contributed by atoms with Crippen LogP contribution in [0.1, 0.15) is 28.4 Å². The van der Waals surface area contributed by atoms with E-state index in [4.69, 9.17) is 0 Å². The minimum Gasteiger partial charge on any atom is -0.313 e. The molecule has 1 N–H and O–H groups in total. The molecule has 0 bridgehead atoms. The summed E-state index contributed by atoms with van der Waals surface area (Å²) in [6.45, 7) is 4.34. The highest BCUT2D eigenvalue weighted by atomic mass is 15.2. The molecule has 0 aliphatic carbocycles. The minimum atomic E-state index is 0.320. The van der Waals surface area contributed by atoms with Crippen LogP contribution in [-0.4, -0.2) is 16.8 Å². The van der Waals surface area contributed by atoms with Crippen LogP contribution in [-0.2, 0) is 13.5 Å². The smallest absolute Gasteiger partial charge is 0.0643 e. The average molecular weight is 243 g/mol. The molecular weight excluding hydrogens is 222 g/mol. The van der Waals surface area contributed by atoms with Gasteiger partial charge in [-0.05, 0) is 43.7 Å². The van der Waals surface area contributed by atoms with Crippen molar-refractivity contribution in [2.45, 2.75) is 26.3 Å². The molecule has 2 aromatic rings. The zero-order valence-corrected chi connectivity index (χ0v) is 11.6. The number of aryl methyl sites for hydroxylation is 3. The van der Waals surface area contributed by atoms with Crippen molar-refractivity contribution >= 4 is 0 Å². The van der Waals surface area contributed by atoms with Gasteiger partial charge in [-0.3, -0.25) is 4.68 Å². The topological polar surface area (TPSA) is 29.9 Å². The second-order valence-electron chi connectivity index (χ2n) is 4.83. The molecule has 1 aromatic heterocycles. The molecular formula is C15H21N3. The monoisotopic (exact) mass is 243 g/mol. The summed E-state index contributed by atoms with van der Waals surface area (Å²) >= 11 is 0. The van der Waals surface area contributed by atoms with E-state index in [0.717, 1.165) is 12.1 Å². The Morgan fingerprint density at radius 1 is 1.22 bits per heavy atom.